The van der Waals surface area contributed by atoms with E-state index in [0.29, 0.717) is 71.8 Å². The first-order valence-corrected chi connectivity index (χ1v) is 13.0. The minimum atomic E-state index is -0.627. The van der Waals surface area contributed by atoms with Crippen molar-refractivity contribution in [3.8, 4) is 34.2 Å². The summed E-state index contributed by atoms with van der Waals surface area (Å²) in [6.45, 7) is 8.02. The normalized spacial score (nSPS) is 13.9. The third-order valence-corrected chi connectivity index (χ3v) is 6.21. The van der Waals surface area contributed by atoms with E-state index < -0.39 is 11.7 Å². The summed E-state index contributed by atoms with van der Waals surface area (Å²) in [4.78, 5) is 38.4. The number of fused-ring (bicyclic) bond motifs is 1. The van der Waals surface area contributed by atoms with Crippen LogP contribution in [0.1, 0.15) is 20.8 Å². The lowest BCUT2D eigenvalue weighted by Crippen LogP contribution is -2.37. The van der Waals surface area contributed by atoms with Crippen LogP contribution >= 0.6 is 0 Å². The van der Waals surface area contributed by atoms with Crippen molar-refractivity contribution in [2.75, 3.05) is 31.2 Å². The van der Waals surface area contributed by atoms with Crippen LogP contribution in [0, 0.1) is 0 Å². The monoisotopic (exact) mass is 536 g/mol. The van der Waals surface area contributed by atoms with E-state index in [-0.39, 0.29) is 0 Å². The van der Waals surface area contributed by atoms with E-state index >= 15 is 0 Å². The number of hydrogen-bond donors (Lipinski definition) is 0. The first-order valence-electron chi connectivity index (χ1n) is 13.0. The molecule has 0 bridgehead atoms. The lowest BCUT2D eigenvalue weighted by Gasteiger charge is -2.28. The maximum Gasteiger partial charge on any atom is 0.435 e. The molecule has 0 N–H and O–H groups in total. The molecule has 11 heteroatoms. The number of rotatable bonds is 4. The smallest absolute Gasteiger partial charge is 0.435 e. The van der Waals surface area contributed by atoms with Gasteiger partial charge in [0.15, 0.2) is 17.5 Å². The van der Waals surface area contributed by atoms with Gasteiger partial charge in [-0.3, -0.25) is 0 Å². The van der Waals surface area contributed by atoms with Crippen molar-refractivity contribution in [1.29, 1.82) is 0 Å². The summed E-state index contributed by atoms with van der Waals surface area (Å²) >= 11 is 0. The van der Waals surface area contributed by atoms with Crippen molar-refractivity contribution in [2.45, 2.75) is 26.4 Å². The van der Waals surface area contributed by atoms with Crippen molar-refractivity contribution in [1.82, 2.24) is 34.7 Å². The van der Waals surface area contributed by atoms with Crippen molar-refractivity contribution < 1.29 is 14.3 Å². The van der Waals surface area contributed by atoms with Crippen LogP contribution in [-0.4, -0.2) is 72.7 Å². The number of morpholine rings is 1. The van der Waals surface area contributed by atoms with E-state index in [9.17, 15) is 4.79 Å². The summed E-state index contributed by atoms with van der Waals surface area (Å²) in [7, 11) is 0. The fourth-order valence-corrected chi connectivity index (χ4v) is 4.35. The van der Waals surface area contributed by atoms with Gasteiger partial charge in [-0.25, -0.2) is 29.7 Å². The molecule has 202 valence electrons. The maximum absolute atomic E-state index is 12.5. The molecule has 1 aromatic carbocycles. The zero-order valence-corrected chi connectivity index (χ0v) is 22.5. The third-order valence-electron chi connectivity index (χ3n) is 6.21. The van der Waals surface area contributed by atoms with Gasteiger partial charge >= 0.3 is 6.09 Å². The Morgan fingerprint density at radius 3 is 2.48 bits per heavy atom. The van der Waals surface area contributed by atoms with Crippen LogP contribution in [0.25, 0.3) is 45.2 Å². The Hall–Kier alpha value is -4.77. The molecule has 5 aromatic rings. The molecule has 0 saturated carbocycles. The van der Waals surface area contributed by atoms with Crippen LogP contribution in [0.15, 0.2) is 67.1 Å². The number of anilines is 1. The number of carbonyl (C=O) groups excluding carboxylic acids is 1. The molecule has 1 saturated heterocycles. The van der Waals surface area contributed by atoms with Gasteiger partial charge in [0.2, 0.25) is 0 Å². The molecule has 40 heavy (non-hydrogen) atoms. The largest absolute Gasteiger partial charge is 0.442 e. The molecule has 6 rings (SSSR count). The van der Waals surface area contributed by atoms with E-state index in [1.165, 1.54) is 4.68 Å². The number of pyridine rings is 1. The van der Waals surface area contributed by atoms with Gasteiger partial charge in [0.05, 0.1) is 24.4 Å². The molecule has 0 spiro atoms. The summed E-state index contributed by atoms with van der Waals surface area (Å²) < 4.78 is 12.2. The van der Waals surface area contributed by atoms with Crippen LogP contribution in [0.5, 0.6) is 0 Å². The van der Waals surface area contributed by atoms with Crippen LogP contribution in [0.2, 0.25) is 0 Å². The van der Waals surface area contributed by atoms with Crippen LogP contribution in [-0.2, 0) is 9.47 Å². The van der Waals surface area contributed by atoms with E-state index in [0.717, 1.165) is 5.56 Å². The van der Waals surface area contributed by atoms with Crippen molar-refractivity contribution >= 4 is 22.9 Å². The molecule has 0 unspecified atom stereocenters. The van der Waals surface area contributed by atoms with Crippen molar-refractivity contribution in [3.63, 3.8) is 0 Å². The Bertz CT molecular complexity index is 1670. The van der Waals surface area contributed by atoms with Crippen LogP contribution < -0.4 is 4.90 Å². The lowest BCUT2D eigenvalue weighted by molar-refractivity contribution is 0.0515. The number of ether oxygens (including phenoxy) is 2. The van der Waals surface area contributed by atoms with Gasteiger partial charge in [0, 0.05) is 42.8 Å². The van der Waals surface area contributed by atoms with E-state index in [4.69, 9.17) is 29.4 Å². The average molecular weight is 537 g/mol. The molecule has 0 aliphatic carbocycles. The topological polar surface area (TPSA) is 121 Å². The molecule has 1 fully saturated rings. The van der Waals surface area contributed by atoms with Crippen molar-refractivity contribution in [2.24, 2.45) is 0 Å². The van der Waals surface area contributed by atoms with Crippen LogP contribution in [0.4, 0.5) is 10.6 Å². The third kappa shape index (κ3) is 5.36. The zero-order valence-electron chi connectivity index (χ0n) is 22.5. The second kappa shape index (κ2) is 10.4. The van der Waals surface area contributed by atoms with Crippen LogP contribution in [0.3, 0.4) is 0 Å². The maximum atomic E-state index is 12.5. The molecule has 5 heterocycles. The first-order chi connectivity index (χ1) is 19.3. The van der Waals surface area contributed by atoms with Gasteiger partial charge in [-0.1, -0.05) is 30.3 Å². The molecule has 1 aliphatic rings. The summed E-state index contributed by atoms with van der Waals surface area (Å²) in [5.74, 6) is 1.77. The highest BCUT2D eigenvalue weighted by molar-refractivity contribution is 5.90. The van der Waals surface area contributed by atoms with Gasteiger partial charge < -0.3 is 14.4 Å². The average Bonchev–Trinajstić information content (AvgIpc) is 3.47. The van der Waals surface area contributed by atoms with Gasteiger partial charge in [0.1, 0.15) is 16.8 Å². The fraction of sp³-hybridized carbons (Fsp3) is 0.276. The second-order valence-electron chi connectivity index (χ2n) is 10.3. The minimum Gasteiger partial charge on any atom is -0.442 e. The Morgan fingerprint density at radius 1 is 0.900 bits per heavy atom. The summed E-state index contributed by atoms with van der Waals surface area (Å²) in [6.07, 6.45) is 4.45. The SMILES string of the molecule is CC(C)(C)OC(=O)n1ccc(-c2cnc3c(N4CCOCC4)nc(-c4ccnc(-c5ccccc5)n4)nc3c2)n1. The number of benzene rings is 1. The number of nitrogens with zero attached hydrogens (tertiary/aromatic N) is 8. The number of carbonyl (C=O) groups is 1. The lowest BCUT2D eigenvalue weighted by atomic mass is 10.2. The molecule has 0 radical (unpaired) electrons. The van der Waals surface area contributed by atoms with E-state index in [1.54, 1.807) is 30.7 Å². The molecule has 11 nitrogen and oxygen atoms in total. The number of aromatic nitrogens is 7. The van der Waals surface area contributed by atoms with Gasteiger partial charge in [-0.05, 0) is 39.0 Å². The molecule has 0 atom stereocenters. The van der Waals surface area contributed by atoms with Crippen molar-refractivity contribution in [3.05, 3.63) is 67.1 Å². The van der Waals surface area contributed by atoms with Gasteiger partial charge in [-0.2, -0.15) is 9.78 Å². The highest BCUT2D eigenvalue weighted by Gasteiger charge is 2.22. The Balaban J connectivity index is 1.43. The quantitative estimate of drug-likeness (QED) is 0.321. The Morgan fingerprint density at radius 2 is 1.70 bits per heavy atom. The predicted molar refractivity (Wildman–Crippen MR) is 150 cm³/mol. The predicted octanol–water partition coefficient (Wildman–Crippen LogP) is 4.63. The van der Waals surface area contributed by atoms with Gasteiger partial charge in [0.25, 0.3) is 0 Å². The molecule has 0 amide bonds. The highest BCUT2D eigenvalue weighted by atomic mass is 16.6. The number of hydrogen-bond acceptors (Lipinski definition) is 10. The molecule has 1 aliphatic heterocycles. The summed E-state index contributed by atoms with van der Waals surface area (Å²) in [5, 5.41) is 4.42. The Labute approximate surface area is 230 Å². The summed E-state index contributed by atoms with van der Waals surface area (Å²) in [6, 6.07) is 15.2. The molecular formula is C29H28N8O3. The van der Waals surface area contributed by atoms with Gasteiger partial charge in [-0.15, -0.1) is 0 Å². The Kier molecular flexibility index (Phi) is 6.64. The van der Waals surface area contributed by atoms with E-state index in [1.807, 2.05) is 57.2 Å². The second-order valence-corrected chi connectivity index (χ2v) is 10.3. The first kappa shape index (κ1) is 25.5. The van der Waals surface area contributed by atoms with E-state index in [2.05, 4.69) is 15.0 Å². The standard InChI is InChI=1S/C29H28N8O3/c1-29(2,3)40-28(38)37-12-10-21(35-37)20-17-23-24(31-18-20)27(36-13-15-39-16-14-36)34-26(33-23)22-9-11-30-25(32-22)19-7-5-4-6-8-19/h4-12,17-18H,13-16H2,1-3H3. The minimum absolute atomic E-state index is 0.465. The molecule has 4 aromatic heterocycles. The molecular weight excluding hydrogens is 508 g/mol. The highest BCUT2D eigenvalue weighted by Crippen LogP contribution is 2.29. The summed E-state index contributed by atoms with van der Waals surface area (Å²) in [5.41, 5.74) is 3.46. The fourth-order valence-electron chi connectivity index (χ4n) is 4.35. The zero-order chi connectivity index (χ0) is 27.7.